The molecule has 3 aromatic heterocycles. The molecule has 0 bridgehead atoms. The number of rotatable bonds is 7. The van der Waals surface area contributed by atoms with Gasteiger partial charge in [0.05, 0.1) is 23.2 Å². The molecular weight excluding hydrogens is 668 g/mol. The summed E-state index contributed by atoms with van der Waals surface area (Å²) in [4.78, 5) is 51.0. The number of primary amides is 1. The summed E-state index contributed by atoms with van der Waals surface area (Å²) in [5.41, 5.74) is 3.73. The van der Waals surface area contributed by atoms with Crippen LogP contribution in [0.25, 0.3) is 21.3 Å². The lowest BCUT2D eigenvalue weighted by molar-refractivity contribution is -0.137. The average Bonchev–Trinajstić information content (AvgIpc) is 3.38. The maximum Gasteiger partial charge on any atom is 0.417 e. The molecule has 1 fully saturated rings. The van der Waals surface area contributed by atoms with E-state index >= 15 is 13.2 Å². The van der Waals surface area contributed by atoms with Crippen LogP contribution in [0.3, 0.4) is 0 Å². The zero-order valence-corrected chi connectivity index (χ0v) is 27.4. The predicted molar refractivity (Wildman–Crippen MR) is 178 cm³/mol. The van der Waals surface area contributed by atoms with Gasteiger partial charge in [0.15, 0.2) is 0 Å². The number of piperazine rings is 1. The molecule has 3 atom stereocenters. The van der Waals surface area contributed by atoms with Crippen molar-refractivity contribution in [1.82, 2.24) is 19.4 Å². The van der Waals surface area contributed by atoms with Crippen LogP contribution in [-0.2, 0) is 17.5 Å². The summed E-state index contributed by atoms with van der Waals surface area (Å²) >= 11 is 1.95. The fourth-order valence-electron chi connectivity index (χ4n) is 6.46. The minimum Gasteiger partial charge on any atom is -0.488 e. The first-order valence-electron chi connectivity index (χ1n) is 14.8. The van der Waals surface area contributed by atoms with E-state index in [1.165, 1.54) is 28.4 Å². The number of nitrogens with zero attached hydrogens (tertiary/aromatic N) is 5. The van der Waals surface area contributed by atoms with Crippen LogP contribution in [0.5, 0.6) is 5.75 Å². The number of hydrogen-bond donors (Lipinski definition) is 2. The molecule has 1 aromatic carbocycles. The lowest BCUT2D eigenvalue weighted by Crippen LogP contribution is -2.58. The maximum atomic E-state index is 15.2. The van der Waals surface area contributed by atoms with Gasteiger partial charge in [-0.1, -0.05) is 6.58 Å². The molecule has 5 heterocycles. The smallest absolute Gasteiger partial charge is 0.417 e. The van der Waals surface area contributed by atoms with Crippen molar-refractivity contribution in [3.8, 4) is 16.2 Å². The largest absolute Gasteiger partial charge is 0.488 e. The van der Waals surface area contributed by atoms with Crippen LogP contribution in [0.2, 0.25) is 0 Å². The molecule has 0 saturated carbocycles. The minimum absolute atomic E-state index is 0.0248. The number of carbonyl (C=O) groups is 2. The lowest BCUT2D eigenvalue weighted by atomic mass is 9.97. The predicted octanol–water partition coefficient (Wildman–Crippen LogP) is 4.80. The second-order valence-electron chi connectivity index (χ2n) is 11.5. The summed E-state index contributed by atoms with van der Waals surface area (Å²) < 4.78 is 53.1. The van der Waals surface area contributed by atoms with Crippen molar-refractivity contribution in [2.24, 2.45) is 5.73 Å². The molecule has 11 nitrogen and oxygen atoms in total. The molecule has 1 saturated heterocycles. The molecule has 6 rings (SSSR count). The lowest BCUT2D eigenvalue weighted by Gasteiger charge is -2.44. The number of amides is 2. The minimum atomic E-state index is -4.91. The standard InChI is InChI=1S/C32H30F3N7O4S2/c1-4-23(43)42-16(2)11-40(12-17(42)3)30-21-9-22(32(33,34)35)25(27-24(29(37)44)18(10-36)14-47-27)28-26(21)41(31(45)39-30)13-20(15-48-28)46-19-5-7-38-8-6-19/h4-10,14,16-17,20,36H,1,11-13,15H2,2-3H3,(H2,37,44)/t16-,17+,20?. The van der Waals surface area contributed by atoms with Gasteiger partial charge >= 0.3 is 11.9 Å². The summed E-state index contributed by atoms with van der Waals surface area (Å²) in [7, 11) is 0. The van der Waals surface area contributed by atoms with Gasteiger partial charge in [0, 0.05) is 81.2 Å². The number of carbonyl (C=O) groups excluding carboxylic acids is 2. The normalized spacial score (nSPS) is 19.6. The van der Waals surface area contributed by atoms with Crippen LogP contribution in [-0.4, -0.2) is 74.5 Å². The summed E-state index contributed by atoms with van der Waals surface area (Å²) in [5.74, 6) is -0.587. The van der Waals surface area contributed by atoms with E-state index in [1.54, 1.807) is 21.9 Å². The Morgan fingerprint density at radius 1 is 1.17 bits per heavy atom. The van der Waals surface area contributed by atoms with Crippen LogP contribution < -0.4 is 21.1 Å². The zero-order chi connectivity index (χ0) is 34.5. The quantitative estimate of drug-likeness (QED) is 0.207. The van der Waals surface area contributed by atoms with Crippen LogP contribution in [0.4, 0.5) is 19.0 Å². The fraction of sp³-hybridized carbons (Fsp3) is 0.312. The first kappa shape index (κ1) is 33.2. The molecule has 2 aliphatic rings. The maximum absolute atomic E-state index is 15.2. The van der Waals surface area contributed by atoms with E-state index in [2.05, 4.69) is 16.5 Å². The van der Waals surface area contributed by atoms with E-state index in [9.17, 15) is 14.4 Å². The van der Waals surface area contributed by atoms with Gasteiger partial charge in [-0.15, -0.1) is 23.1 Å². The fourth-order valence-corrected chi connectivity index (χ4v) is 8.86. The first-order valence-corrected chi connectivity index (χ1v) is 16.7. The van der Waals surface area contributed by atoms with Crippen molar-refractivity contribution >= 4 is 57.8 Å². The summed E-state index contributed by atoms with van der Waals surface area (Å²) in [6.07, 6.45) is -0.407. The molecule has 0 spiro atoms. The third kappa shape index (κ3) is 5.83. The number of benzene rings is 1. The van der Waals surface area contributed by atoms with E-state index < -0.39 is 29.4 Å². The Labute approximate surface area is 280 Å². The third-order valence-corrected chi connectivity index (χ3v) is 10.6. The zero-order valence-electron chi connectivity index (χ0n) is 25.8. The van der Waals surface area contributed by atoms with E-state index in [1.807, 2.05) is 13.8 Å². The highest BCUT2D eigenvalue weighted by Crippen LogP contribution is 2.50. The molecule has 2 aliphatic heterocycles. The highest BCUT2D eigenvalue weighted by Gasteiger charge is 2.41. The summed E-state index contributed by atoms with van der Waals surface area (Å²) in [6.45, 7) is 7.58. The van der Waals surface area contributed by atoms with Gasteiger partial charge in [-0.3, -0.25) is 19.1 Å². The Kier molecular flexibility index (Phi) is 8.80. The number of aromatic nitrogens is 3. The van der Waals surface area contributed by atoms with Gasteiger partial charge < -0.3 is 25.7 Å². The van der Waals surface area contributed by atoms with Gasteiger partial charge in [-0.2, -0.15) is 18.2 Å². The van der Waals surface area contributed by atoms with Gasteiger partial charge in [0.25, 0.3) is 5.91 Å². The number of pyridine rings is 1. The second-order valence-corrected chi connectivity index (χ2v) is 13.5. The van der Waals surface area contributed by atoms with Crippen LogP contribution in [0, 0.1) is 5.41 Å². The average molecular weight is 698 g/mol. The highest BCUT2D eigenvalue weighted by molar-refractivity contribution is 7.99. The number of alkyl halides is 3. The monoisotopic (exact) mass is 697 g/mol. The van der Waals surface area contributed by atoms with E-state index in [4.69, 9.17) is 15.9 Å². The second kappa shape index (κ2) is 12.7. The Morgan fingerprint density at radius 2 is 1.85 bits per heavy atom. The number of nitrogens with one attached hydrogen (secondary N) is 1. The van der Waals surface area contributed by atoms with E-state index in [0.29, 0.717) is 5.75 Å². The Bertz CT molecular complexity index is 2000. The molecule has 0 aliphatic carbocycles. The highest BCUT2D eigenvalue weighted by atomic mass is 32.2. The van der Waals surface area contributed by atoms with Crippen molar-refractivity contribution in [3.63, 3.8) is 0 Å². The van der Waals surface area contributed by atoms with Crippen LogP contribution >= 0.6 is 23.1 Å². The molecule has 1 unspecified atom stereocenters. The van der Waals surface area contributed by atoms with Crippen molar-refractivity contribution in [1.29, 1.82) is 5.41 Å². The Morgan fingerprint density at radius 3 is 2.46 bits per heavy atom. The van der Waals surface area contributed by atoms with Crippen LogP contribution in [0.15, 0.2) is 58.3 Å². The molecule has 0 radical (unpaired) electrons. The number of ether oxygens (including phenoxy) is 1. The molecule has 2 amide bonds. The van der Waals surface area contributed by atoms with E-state index in [-0.39, 0.29) is 86.6 Å². The number of hydrogen-bond acceptors (Lipinski definition) is 10. The molecular formula is C32H30F3N7O4S2. The van der Waals surface area contributed by atoms with Crippen molar-refractivity contribution in [3.05, 3.63) is 75.8 Å². The molecule has 4 aromatic rings. The molecule has 3 N–H and O–H groups in total. The Hall–Kier alpha value is -4.70. The van der Waals surface area contributed by atoms with Gasteiger partial charge in [-0.05, 0) is 38.1 Å². The molecule has 48 heavy (non-hydrogen) atoms. The Balaban J connectivity index is 1.64. The summed E-state index contributed by atoms with van der Waals surface area (Å²) in [6, 6.07) is 3.51. The number of thioether (sulfide) groups is 1. The molecule has 250 valence electrons. The topological polar surface area (TPSA) is 148 Å². The number of nitrogens with two attached hydrogens (primary N) is 1. The van der Waals surface area contributed by atoms with E-state index in [0.717, 1.165) is 35.4 Å². The third-order valence-electron chi connectivity index (χ3n) is 8.35. The van der Waals surface area contributed by atoms with Crippen molar-refractivity contribution < 1.29 is 27.5 Å². The SMILES string of the molecule is C=CC(=O)N1[C@H](C)CN(c2nc(=O)n3c4c(c(-c5scc(C=N)c5C(N)=O)c(C(F)(F)F)cc24)SCC(Oc2ccncc2)C3)C[C@@H]1C. The van der Waals surface area contributed by atoms with Crippen LogP contribution in [0.1, 0.15) is 35.3 Å². The number of thiophene rings is 1. The number of halogens is 3. The van der Waals surface area contributed by atoms with Gasteiger partial charge in [-0.25, -0.2) is 4.79 Å². The summed E-state index contributed by atoms with van der Waals surface area (Å²) in [5, 5.41) is 9.26. The van der Waals surface area contributed by atoms with Crippen molar-refractivity contribution in [2.45, 2.75) is 49.7 Å². The number of anilines is 1. The van der Waals surface area contributed by atoms with Gasteiger partial charge in [0.1, 0.15) is 17.7 Å². The van der Waals surface area contributed by atoms with Gasteiger partial charge in [0.2, 0.25) is 5.91 Å². The molecule has 16 heteroatoms. The van der Waals surface area contributed by atoms with Crippen molar-refractivity contribution in [2.75, 3.05) is 23.7 Å². The first-order chi connectivity index (χ1) is 22.8.